The molecule has 2 N–H and O–H groups in total. The van der Waals surface area contributed by atoms with E-state index >= 15 is 0 Å². The van der Waals surface area contributed by atoms with Gasteiger partial charge in [0.2, 0.25) is 5.91 Å². The molecular weight excluding hydrogens is 335 g/mol. The quantitative estimate of drug-likeness (QED) is 0.749. The van der Waals surface area contributed by atoms with Gasteiger partial charge in [0.15, 0.2) is 0 Å². The van der Waals surface area contributed by atoms with Gasteiger partial charge in [-0.2, -0.15) is 0 Å². The Kier molecular flexibility index (Phi) is 6.56. The molecule has 0 heterocycles. The smallest absolute Gasteiger partial charge is 0.226 e. The molecule has 0 saturated carbocycles. The highest BCUT2D eigenvalue weighted by Gasteiger charge is 2.08. The van der Waals surface area contributed by atoms with Crippen LogP contribution in [-0.2, 0) is 4.79 Å². The first kappa shape index (κ1) is 17.4. The lowest BCUT2D eigenvalue weighted by Gasteiger charge is -2.12. The van der Waals surface area contributed by atoms with Crippen molar-refractivity contribution in [3.05, 3.63) is 52.5 Å². The molecule has 0 fully saturated rings. The third-order valence-electron chi connectivity index (χ3n) is 3.08. The van der Waals surface area contributed by atoms with Crippen LogP contribution in [0.1, 0.15) is 13.3 Å². The molecule has 0 bridgehead atoms. The molecule has 4 nitrogen and oxygen atoms in total. The summed E-state index contributed by atoms with van der Waals surface area (Å²) in [6.07, 6.45) is 0.295. The largest absolute Gasteiger partial charge is 0.492 e. The highest BCUT2D eigenvalue weighted by atomic mass is 35.5. The number of amides is 1. The molecule has 0 saturated heterocycles. The van der Waals surface area contributed by atoms with Crippen LogP contribution in [0.3, 0.4) is 0 Å². The molecule has 2 aromatic rings. The van der Waals surface area contributed by atoms with Gasteiger partial charge in [-0.25, -0.2) is 0 Å². The Morgan fingerprint density at radius 3 is 2.61 bits per heavy atom. The number of para-hydroxylation sites is 2. The minimum Gasteiger partial charge on any atom is -0.492 e. The summed E-state index contributed by atoms with van der Waals surface area (Å²) in [5, 5.41) is 6.88. The zero-order chi connectivity index (χ0) is 16.7. The minimum atomic E-state index is -0.109. The van der Waals surface area contributed by atoms with Gasteiger partial charge >= 0.3 is 0 Å². The molecule has 0 aliphatic rings. The van der Waals surface area contributed by atoms with Crippen LogP contribution in [0.2, 0.25) is 10.0 Å². The van der Waals surface area contributed by atoms with Crippen molar-refractivity contribution in [2.45, 2.75) is 13.3 Å². The SMILES string of the molecule is CCOc1ccccc1NC(=O)CCNc1cccc(Cl)c1Cl. The lowest BCUT2D eigenvalue weighted by molar-refractivity contribution is -0.116. The van der Waals surface area contributed by atoms with Gasteiger partial charge in [-0.05, 0) is 31.2 Å². The monoisotopic (exact) mass is 352 g/mol. The maximum atomic E-state index is 12.0. The number of rotatable bonds is 7. The van der Waals surface area contributed by atoms with Gasteiger partial charge in [0.25, 0.3) is 0 Å². The third kappa shape index (κ3) is 5.05. The van der Waals surface area contributed by atoms with Crippen LogP contribution in [0.25, 0.3) is 0 Å². The summed E-state index contributed by atoms with van der Waals surface area (Å²) in [5.74, 6) is 0.553. The van der Waals surface area contributed by atoms with Crippen molar-refractivity contribution >= 4 is 40.5 Å². The maximum Gasteiger partial charge on any atom is 0.226 e. The second-order valence-electron chi connectivity index (χ2n) is 4.76. The van der Waals surface area contributed by atoms with Gasteiger partial charge in [-0.1, -0.05) is 41.4 Å². The van der Waals surface area contributed by atoms with Gasteiger partial charge in [0.1, 0.15) is 5.75 Å². The fraction of sp³-hybridized carbons (Fsp3) is 0.235. The minimum absolute atomic E-state index is 0.109. The predicted octanol–water partition coefficient (Wildman–Crippen LogP) is 4.83. The van der Waals surface area contributed by atoms with E-state index in [2.05, 4.69) is 10.6 Å². The molecule has 2 aromatic carbocycles. The molecule has 23 heavy (non-hydrogen) atoms. The average molecular weight is 353 g/mol. The van der Waals surface area contributed by atoms with Gasteiger partial charge in [-0.15, -0.1) is 0 Å². The summed E-state index contributed by atoms with van der Waals surface area (Å²) in [5.41, 5.74) is 1.38. The van der Waals surface area contributed by atoms with Crippen molar-refractivity contribution in [1.29, 1.82) is 0 Å². The van der Waals surface area contributed by atoms with Crippen molar-refractivity contribution in [3.63, 3.8) is 0 Å². The second-order valence-corrected chi connectivity index (χ2v) is 5.54. The first-order chi connectivity index (χ1) is 11.1. The molecule has 0 radical (unpaired) electrons. The lowest BCUT2D eigenvalue weighted by atomic mass is 10.2. The lowest BCUT2D eigenvalue weighted by Crippen LogP contribution is -2.17. The van der Waals surface area contributed by atoms with E-state index in [0.717, 1.165) is 0 Å². The van der Waals surface area contributed by atoms with E-state index in [9.17, 15) is 4.79 Å². The predicted molar refractivity (Wildman–Crippen MR) is 95.8 cm³/mol. The molecule has 122 valence electrons. The van der Waals surface area contributed by atoms with Crippen LogP contribution in [0.4, 0.5) is 11.4 Å². The van der Waals surface area contributed by atoms with Crippen molar-refractivity contribution in [3.8, 4) is 5.75 Å². The number of halogens is 2. The van der Waals surface area contributed by atoms with E-state index in [1.165, 1.54) is 0 Å². The molecule has 0 aliphatic carbocycles. The van der Waals surface area contributed by atoms with Crippen LogP contribution < -0.4 is 15.4 Å². The maximum absolute atomic E-state index is 12.0. The van der Waals surface area contributed by atoms with Gasteiger partial charge in [0, 0.05) is 13.0 Å². The Morgan fingerprint density at radius 2 is 1.83 bits per heavy atom. The fourth-order valence-electron chi connectivity index (χ4n) is 2.02. The average Bonchev–Trinajstić information content (AvgIpc) is 2.53. The van der Waals surface area contributed by atoms with Crippen LogP contribution in [0.15, 0.2) is 42.5 Å². The van der Waals surface area contributed by atoms with Crippen molar-refractivity contribution < 1.29 is 9.53 Å². The zero-order valence-electron chi connectivity index (χ0n) is 12.7. The number of benzene rings is 2. The number of carbonyl (C=O) groups is 1. The van der Waals surface area contributed by atoms with E-state index in [4.69, 9.17) is 27.9 Å². The number of anilines is 2. The summed E-state index contributed by atoms with van der Waals surface area (Å²) in [7, 11) is 0. The molecule has 0 aliphatic heterocycles. The molecule has 0 unspecified atom stereocenters. The highest BCUT2D eigenvalue weighted by Crippen LogP contribution is 2.29. The molecule has 0 aromatic heterocycles. The Balaban J connectivity index is 1.87. The topological polar surface area (TPSA) is 50.4 Å². The van der Waals surface area contributed by atoms with Crippen LogP contribution >= 0.6 is 23.2 Å². The Morgan fingerprint density at radius 1 is 1.09 bits per heavy atom. The molecule has 2 rings (SSSR count). The molecule has 0 spiro atoms. The zero-order valence-corrected chi connectivity index (χ0v) is 14.2. The third-order valence-corrected chi connectivity index (χ3v) is 3.90. The van der Waals surface area contributed by atoms with Crippen LogP contribution in [-0.4, -0.2) is 19.1 Å². The standard InChI is InChI=1S/C17H18Cl2N2O2/c1-2-23-15-9-4-3-7-13(15)21-16(22)10-11-20-14-8-5-6-12(18)17(14)19/h3-9,20H,2,10-11H2,1H3,(H,21,22). The summed E-state index contributed by atoms with van der Waals surface area (Å²) in [6.45, 7) is 2.89. The summed E-state index contributed by atoms with van der Waals surface area (Å²) < 4.78 is 5.48. The Bertz CT molecular complexity index is 677. The molecule has 1 amide bonds. The summed E-state index contributed by atoms with van der Waals surface area (Å²) in [4.78, 5) is 12.0. The van der Waals surface area contributed by atoms with Gasteiger partial charge in [0.05, 0.1) is 28.0 Å². The van der Waals surface area contributed by atoms with Crippen molar-refractivity contribution in [2.24, 2.45) is 0 Å². The number of hydrogen-bond donors (Lipinski definition) is 2. The van der Waals surface area contributed by atoms with Gasteiger partial charge in [-0.3, -0.25) is 4.79 Å². The highest BCUT2D eigenvalue weighted by molar-refractivity contribution is 6.43. The van der Waals surface area contributed by atoms with Crippen molar-refractivity contribution in [1.82, 2.24) is 0 Å². The van der Waals surface area contributed by atoms with Gasteiger partial charge < -0.3 is 15.4 Å². The first-order valence-electron chi connectivity index (χ1n) is 7.31. The number of nitrogens with one attached hydrogen (secondary N) is 2. The van der Waals surface area contributed by atoms with E-state index in [-0.39, 0.29) is 5.91 Å². The normalized spacial score (nSPS) is 10.2. The van der Waals surface area contributed by atoms with E-state index < -0.39 is 0 Å². The van der Waals surface area contributed by atoms with Crippen LogP contribution in [0.5, 0.6) is 5.75 Å². The second kappa shape index (κ2) is 8.65. The Hall–Kier alpha value is -1.91. The molecular formula is C17H18Cl2N2O2. The summed E-state index contributed by atoms with van der Waals surface area (Å²) in [6, 6.07) is 12.7. The van der Waals surface area contributed by atoms with E-state index in [0.29, 0.717) is 46.7 Å². The molecule has 0 atom stereocenters. The van der Waals surface area contributed by atoms with Crippen LogP contribution in [0, 0.1) is 0 Å². The number of hydrogen-bond acceptors (Lipinski definition) is 3. The fourth-order valence-corrected chi connectivity index (χ4v) is 2.38. The number of ether oxygens (including phenoxy) is 1. The summed E-state index contributed by atoms with van der Waals surface area (Å²) >= 11 is 12.0. The molecule has 6 heteroatoms. The van der Waals surface area contributed by atoms with E-state index in [1.54, 1.807) is 12.1 Å². The first-order valence-corrected chi connectivity index (χ1v) is 8.07. The van der Waals surface area contributed by atoms with Crippen molar-refractivity contribution in [2.75, 3.05) is 23.8 Å². The Labute approximate surface area is 145 Å². The van der Waals surface area contributed by atoms with E-state index in [1.807, 2.05) is 37.3 Å². The number of carbonyl (C=O) groups excluding carboxylic acids is 1.